The Labute approximate surface area is 156 Å². The van der Waals surface area contributed by atoms with Gasteiger partial charge in [-0.1, -0.05) is 11.8 Å². The number of rotatable bonds is 5. The molecule has 0 fully saturated rings. The van der Waals surface area contributed by atoms with Gasteiger partial charge in [0.15, 0.2) is 4.34 Å². The van der Waals surface area contributed by atoms with Crippen LogP contribution in [0.3, 0.4) is 0 Å². The molecule has 3 rings (SSSR count). The number of fused-ring (bicyclic) bond motifs is 1. The molecule has 1 N–H and O–H groups in total. The van der Waals surface area contributed by atoms with Crippen LogP contribution in [0.1, 0.15) is 10.4 Å². The first kappa shape index (κ1) is 18.7. The van der Waals surface area contributed by atoms with Crippen LogP contribution in [-0.2, 0) is 9.84 Å². The predicted octanol–water partition coefficient (Wildman–Crippen LogP) is 4.27. The number of anilines is 1. The fraction of sp³-hybridized carbons (Fsp3) is 0.125. The summed E-state index contributed by atoms with van der Waals surface area (Å²) in [6, 6.07) is 9.67. The summed E-state index contributed by atoms with van der Waals surface area (Å²) in [6.45, 7) is 0. The first-order valence-corrected chi connectivity index (χ1v) is 10.8. The number of benzene rings is 2. The van der Waals surface area contributed by atoms with E-state index in [1.54, 1.807) is 18.2 Å². The Hall–Kier alpha value is -2.04. The van der Waals surface area contributed by atoms with E-state index in [4.69, 9.17) is 0 Å². The van der Waals surface area contributed by atoms with E-state index in [-0.39, 0.29) is 5.56 Å². The van der Waals surface area contributed by atoms with Gasteiger partial charge in [0.1, 0.15) is 0 Å². The van der Waals surface area contributed by atoms with Crippen LogP contribution in [-0.4, -0.2) is 31.3 Å². The number of nitrogens with zero attached hydrogens (tertiary/aromatic N) is 1. The minimum absolute atomic E-state index is 0.160. The van der Waals surface area contributed by atoms with Crippen molar-refractivity contribution in [3.05, 3.63) is 48.0 Å². The third kappa shape index (κ3) is 3.71. The molecule has 0 spiro atoms. The molecule has 10 heteroatoms. The van der Waals surface area contributed by atoms with Crippen LogP contribution < -0.4 is 5.32 Å². The minimum Gasteiger partial charge on any atom is -0.322 e. The number of aromatic nitrogens is 1. The Morgan fingerprint density at radius 3 is 2.50 bits per heavy atom. The smallest absolute Gasteiger partial charge is 0.322 e. The van der Waals surface area contributed by atoms with Crippen molar-refractivity contribution < 1.29 is 22.0 Å². The zero-order chi connectivity index (χ0) is 18.9. The lowest BCUT2D eigenvalue weighted by molar-refractivity contribution is 0.102. The van der Waals surface area contributed by atoms with Crippen LogP contribution in [0.2, 0.25) is 0 Å². The first-order chi connectivity index (χ1) is 12.3. The summed E-state index contributed by atoms with van der Waals surface area (Å²) in [5, 5.41) is 2.69. The molecule has 0 aliphatic rings. The number of hydrogen-bond donors (Lipinski definition) is 1. The molecule has 0 saturated carbocycles. The Morgan fingerprint density at radius 2 is 1.88 bits per heavy atom. The average molecular weight is 414 g/mol. The topological polar surface area (TPSA) is 76.1 Å². The second-order valence-corrected chi connectivity index (χ2v) is 9.15. The maximum Gasteiger partial charge on any atom is 0.341 e. The number of carbonyl (C=O) groups excluding carboxylic acids is 1. The summed E-state index contributed by atoms with van der Waals surface area (Å²) >= 11 is 3.04. The second-order valence-electron chi connectivity index (χ2n) is 5.15. The maximum absolute atomic E-state index is 12.5. The molecule has 136 valence electrons. The van der Waals surface area contributed by atoms with Gasteiger partial charge >= 0.3 is 5.76 Å². The van der Waals surface area contributed by atoms with Gasteiger partial charge in [-0.3, -0.25) is 4.79 Å². The molecule has 0 aliphatic heterocycles. The summed E-state index contributed by atoms with van der Waals surface area (Å²) in [4.78, 5) is 16.2. The summed E-state index contributed by atoms with van der Waals surface area (Å²) in [5.41, 5.74) is 1.55. The van der Waals surface area contributed by atoms with Crippen LogP contribution in [0, 0.1) is 0 Å². The highest BCUT2D eigenvalue weighted by atomic mass is 32.2. The molecule has 2 aromatic carbocycles. The van der Waals surface area contributed by atoms with Crippen molar-refractivity contribution in [2.75, 3.05) is 11.6 Å². The average Bonchev–Trinajstić information content (AvgIpc) is 3.04. The van der Waals surface area contributed by atoms with Crippen molar-refractivity contribution in [2.24, 2.45) is 0 Å². The Morgan fingerprint density at radius 1 is 1.19 bits per heavy atom. The molecule has 1 heterocycles. The highest BCUT2D eigenvalue weighted by Crippen LogP contribution is 2.30. The van der Waals surface area contributed by atoms with Crippen molar-refractivity contribution in [3.8, 4) is 0 Å². The number of nitrogens with one attached hydrogen (secondary N) is 1. The number of sulfone groups is 1. The Balaban J connectivity index is 1.79. The zero-order valence-electron chi connectivity index (χ0n) is 13.3. The summed E-state index contributed by atoms with van der Waals surface area (Å²) < 4.78 is 49.7. The van der Waals surface area contributed by atoms with E-state index in [0.717, 1.165) is 26.7 Å². The molecule has 0 saturated heterocycles. The molecule has 1 amide bonds. The molecule has 26 heavy (non-hydrogen) atoms. The largest absolute Gasteiger partial charge is 0.341 e. The first-order valence-electron chi connectivity index (χ1n) is 7.19. The van der Waals surface area contributed by atoms with Gasteiger partial charge in [-0.15, -0.1) is 11.3 Å². The fourth-order valence-corrected chi connectivity index (χ4v) is 4.42. The van der Waals surface area contributed by atoms with Gasteiger partial charge in [0, 0.05) is 11.3 Å². The third-order valence-corrected chi connectivity index (χ3v) is 6.88. The van der Waals surface area contributed by atoms with Crippen molar-refractivity contribution >= 4 is 54.7 Å². The molecule has 3 aromatic rings. The monoisotopic (exact) mass is 414 g/mol. The fourth-order valence-electron chi connectivity index (χ4n) is 2.17. The molecule has 1 aromatic heterocycles. The lowest BCUT2D eigenvalue weighted by Crippen LogP contribution is -2.14. The summed E-state index contributed by atoms with van der Waals surface area (Å²) in [7, 11) is -4.68. The molecule has 0 atom stereocenters. The van der Waals surface area contributed by atoms with E-state index >= 15 is 0 Å². The number of thioether (sulfide) groups is 1. The van der Waals surface area contributed by atoms with Crippen LogP contribution >= 0.6 is 23.1 Å². The van der Waals surface area contributed by atoms with Crippen molar-refractivity contribution in [1.82, 2.24) is 4.98 Å². The SMILES string of the molecule is CSc1nc2ccc(NC(=O)c3ccc(S(=O)(=O)C(F)F)cc3)cc2s1. The zero-order valence-corrected chi connectivity index (χ0v) is 15.7. The molecule has 0 bridgehead atoms. The van der Waals surface area contributed by atoms with E-state index in [1.807, 2.05) is 6.26 Å². The molecular formula is C16H12F2N2O3S3. The van der Waals surface area contributed by atoms with Crippen LogP contribution in [0.4, 0.5) is 14.5 Å². The van der Waals surface area contributed by atoms with Gasteiger partial charge in [-0.05, 0) is 48.7 Å². The number of thiazole rings is 1. The van der Waals surface area contributed by atoms with Gasteiger partial charge in [-0.25, -0.2) is 13.4 Å². The summed E-state index contributed by atoms with van der Waals surface area (Å²) in [5.74, 6) is -3.97. The minimum atomic E-state index is -4.68. The number of halogens is 2. The van der Waals surface area contributed by atoms with Gasteiger partial charge in [0.2, 0.25) is 9.84 Å². The van der Waals surface area contributed by atoms with Crippen molar-refractivity contribution in [1.29, 1.82) is 0 Å². The molecule has 0 unspecified atom stereocenters. The highest BCUT2D eigenvalue weighted by Gasteiger charge is 2.26. The predicted molar refractivity (Wildman–Crippen MR) is 99.0 cm³/mol. The van der Waals surface area contributed by atoms with Crippen LogP contribution in [0.15, 0.2) is 51.7 Å². The van der Waals surface area contributed by atoms with Gasteiger partial charge in [-0.2, -0.15) is 8.78 Å². The molecular weight excluding hydrogens is 402 g/mol. The van der Waals surface area contributed by atoms with Gasteiger partial charge < -0.3 is 5.32 Å². The van der Waals surface area contributed by atoms with Crippen molar-refractivity contribution in [3.63, 3.8) is 0 Å². The van der Waals surface area contributed by atoms with Crippen LogP contribution in [0.25, 0.3) is 10.2 Å². The van der Waals surface area contributed by atoms with Gasteiger partial charge in [0.25, 0.3) is 5.91 Å². The lowest BCUT2D eigenvalue weighted by Gasteiger charge is -2.07. The van der Waals surface area contributed by atoms with E-state index in [9.17, 15) is 22.0 Å². The maximum atomic E-state index is 12.5. The number of carbonyl (C=O) groups is 1. The second kappa shape index (κ2) is 7.29. The normalized spacial score (nSPS) is 11.8. The molecule has 5 nitrogen and oxygen atoms in total. The number of hydrogen-bond acceptors (Lipinski definition) is 6. The highest BCUT2D eigenvalue weighted by molar-refractivity contribution is 8.00. The van der Waals surface area contributed by atoms with Crippen molar-refractivity contribution in [2.45, 2.75) is 15.0 Å². The van der Waals surface area contributed by atoms with Gasteiger partial charge in [0.05, 0.1) is 15.1 Å². The van der Waals surface area contributed by atoms with Crippen LogP contribution in [0.5, 0.6) is 0 Å². The van der Waals surface area contributed by atoms with E-state index in [2.05, 4.69) is 10.3 Å². The Bertz CT molecular complexity index is 1060. The van der Waals surface area contributed by atoms with E-state index in [1.165, 1.54) is 35.2 Å². The standard InChI is InChI=1S/C16H12F2N2O3S3/c1-24-16-20-12-7-4-10(8-13(12)25-16)19-14(21)9-2-5-11(6-3-9)26(22,23)15(17)18/h2-8,15H,1H3,(H,19,21). The quantitative estimate of drug-likeness (QED) is 0.631. The van der Waals surface area contributed by atoms with E-state index in [0.29, 0.717) is 5.69 Å². The third-order valence-electron chi connectivity index (χ3n) is 3.48. The lowest BCUT2D eigenvalue weighted by atomic mass is 10.2. The molecule has 0 aliphatic carbocycles. The summed E-state index contributed by atoms with van der Waals surface area (Å²) in [6.07, 6.45) is 1.93. The van der Waals surface area contributed by atoms with E-state index < -0.39 is 26.4 Å². The molecule has 0 radical (unpaired) electrons. The number of amides is 1. The number of alkyl halides is 2. The Kier molecular flexibility index (Phi) is 5.26.